The van der Waals surface area contributed by atoms with Crippen LogP contribution in [-0.4, -0.2) is 11.8 Å². The van der Waals surface area contributed by atoms with E-state index in [1.54, 1.807) is 0 Å². The van der Waals surface area contributed by atoms with Gasteiger partial charge in [0.05, 0.1) is 5.54 Å². The van der Waals surface area contributed by atoms with Gasteiger partial charge in [0.1, 0.15) is 0 Å². The molecule has 19 heavy (non-hydrogen) atoms. The fourth-order valence-corrected chi connectivity index (χ4v) is 2.99. The molecule has 3 heteroatoms. The average Bonchev–Trinajstić information content (AvgIpc) is 2.88. The van der Waals surface area contributed by atoms with Gasteiger partial charge in [0.15, 0.2) is 0 Å². The largest absolute Gasteiger partial charge is 0.345 e. The first kappa shape index (κ1) is 14.4. The number of halogens is 1. The second-order valence-electron chi connectivity index (χ2n) is 6.05. The molecule has 2 nitrogen and oxygen atoms in total. The highest BCUT2D eigenvalue weighted by Crippen LogP contribution is 2.38. The molecule has 0 heterocycles. The van der Waals surface area contributed by atoms with E-state index in [0.29, 0.717) is 5.88 Å². The summed E-state index contributed by atoms with van der Waals surface area (Å²) in [6.07, 6.45) is 4.25. The van der Waals surface area contributed by atoms with E-state index < -0.39 is 5.54 Å². The molecule has 1 saturated carbocycles. The van der Waals surface area contributed by atoms with Crippen LogP contribution in [0.3, 0.4) is 0 Å². The Morgan fingerprint density at radius 1 is 1.32 bits per heavy atom. The van der Waals surface area contributed by atoms with Crippen LogP contribution >= 0.6 is 11.6 Å². The van der Waals surface area contributed by atoms with Crippen LogP contribution in [0.25, 0.3) is 0 Å². The Balaban J connectivity index is 2.17. The Kier molecular flexibility index (Phi) is 4.19. The van der Waals surface area contributed by atoms with Gasteiger partial charge in [-0.2, -0.15) is 0 Å². The van der Waals surface area contributed by atoms with E-state index in [0.717, 1.165) is 31.2 Å². The standard InChI is InChI=1S/C16H22ClNO/c1-15(10-6-7-11-15)14(19)18-16(2,12-17)13-8-4-3-5-9-13/h3-5,8-9H,6-7,10-12H2,1-2H3,(H,18,19). The normalized spacial score (nSPS) is 20.8. The second kappa shape index (κ2) is 5.54. The SMILES string of the molecule is CC1(C(=O)NC(C)(CCl)c2ccccc2)CCCC1. The molecular formula is C16H22ClNO. The van der Waals surface area contributed by atoms with Crippen molar-refractivity contribution >= 4 is 17.5 Å². The fourth-order valence-electron chi connectivity index (χ4n) is 2.77. The second-order valence-corrected chi connectivity index (χ2v) is 6.32. The summed E-state index contributed by atoms with van der Waals surface area (Å²) in [4.78, 5) is 12.5. The van der Waals surface area contributed by atoms with Gasteiger partial charge in [-0.3, -0.25) is 4.79 Å². The van der Waals surface area contributed by atoms with Crippen LogP contribution in [0.5, 0.6) is 0 Å². The lowest BCUT2D eigenvalue weighted by atomic mass is 9.85. The molecule has 0 aliphatic heterocycles. The molecule has 0 spiro atoms. The number of carbonyl (C=O) groups excluding carboxylic acids is 1. The van der Waals surface area contributed by atoms with Crippen molar-refractivity contribution in [3.63, 3.8) is 0 Å². The minimum atomic E-state index is -0.495. The Hall–Kier alpha value is -1.02. The zero-order valence-electron chi connectivity index (χ0n) is 11.7. The zero-order valence-corrected chi connectivity index (χ0v) is 12.5. The molecule has 1 aliphatic carbocycles. The van der Waals surface area contributed by atoms with Crippen LogP contribution in [0.15, 0.2) is 30.3 Å². The third kappa shape index (κ3) is 2.94. The maximum absolute atomic E-state index is 12.5. The molecule has 0 radical (unpaired) electrons. The van der Waals surface area contributed by atoms with E-state index in [-0.39, 0.29) is 11.3 Å². The van der Waals surface area contributed by atoms with E-state index in [9.17, 15) is 4.79 Å². The number of benzene rings is 1. The van der Waals surface area contributed by atoms with Crippen LogP contribution in [0.4, 0.5) is 0 Å². The van der Waals surface area contributed by atoms with Crippen molar-refractivity contribution in [2.24, 2.45) is 5.41 Å². The third-order valence-electron chi connectivity index (χ3n) is 4.32. The third-order valence-corrected chi connectivity index (χ3v) is 4.86. The first-order chi connectivity index (χ1) is 9.00. The molecule has 1 N–H and O–H groups in total. The zero-order chi connectivity index (χ0) is 13.9. The minimum Gasteiger partial charge on any atom is -0.345 e. The van der Waals surface area contributed by atoms with Gasteiger partial charge in [-0.1, -0.05) is 50.1 Å². The quantitative estimate of drug-likeness (QED) is 0.834. The summed E-state index contributed by atoms with van der Waals surface area (Å²) in [5.41, 5.74) is 0.341. The number of rotatable bonds is 4. The molecule has 1 amide bonds. The molecule has 0 bridgehead atoms. The lowest BCUT2D eigenvalue weighted by molar-refractivity contribution is -0.131. The van der Waals surface area contributed by atoms with Crippen molar-refractivity contribution in [2.75, 3.05) is 5.88 Å². The number of hydrogen-bond donors (Lipinski definition) is 1. The van der Waals surface area contributed by atoms with Crippen molar-refractivity contribution in [1.82, 2.24) is 5.32 Å². The molecule has 1 fully saturated rings. The van der Waals surface area contributed by atoms with E-state index in [4.69, 9.17) is 11.6 Å². The Labute approximate surface area is 120 Å². The predicted molar refractivity (Wildman–Crippen MR) is 79.2 cm³/mol. The summed E-state index contributed by atoms with van der Waals surface area (Å²) >= 11 is 6.12. The van der Waals surface area contributed by atoms with Crippen molar-refractivity contribution in [3.8, 4) is 0 Å². The number of nitrogens with one attached hydrogen (secondary N) is 1. The number of amides is 1. The van der Waals surface area contributed by atoms with Crippen molar-refractivity contribution < 1.29 is 4.79 Å². The number of alkyl halides is 1. The van der Waals surface area contributed by atoms with Crippen LogP contribution in [0.1, 0.15) is 45.1 Å². The molecule has 1 unspecified atom stereocenters. The highest BCUT2D eigenvalue weighted by molar-refractivity contribution is 6.18. The van der Waals surface area contributed by atoms with E-state index in [2.05, 4.69) is 12.2 Å². The summed E-state index contributed by atoms with van der Waals surface area (Å²) in [6.45, 7) is 4.06. The molecular weight excluding hydrogens is 258 g/mol. The van der Waals surface area contributed by atoms with Gasteiger partial charge in [-0.15, -0.1) is 11.6 Å². The Bertz CT molecular complexity index is 439. The molecule has 0 saturated heterocycles. The molecule has 0 aromatic heterocycles. The first-order valence-electron chi connectivity index (χ1n) is 6.94. The van der Waals surface area contributed by atoms with Crippen LogP contribution in [0.2, 0.25) is 0 Å². The summed E-state index contributed by atoms with van der Waals surface area (Å²) in [7, 11) is 0. The highest BCUT2D eigenvalue weighted by Gasteiger charge is 2.39. The molecule has 104 valence electrons. The number of hydrogen-bond acceptors (Lipinski definition) is 1. The van der Waals surface area contributed by atoms with E-state index in [1.807, 2.05) is 37.3 Å². The predicted octanol–water partition coefficient (Wildman–Crippen LogP) is 3.84. The van der Waals surface area contributed by atoms with E-state index in [1.165, 1.54) is 0 Å². The van der Waals surface area contributed by atoms with Gasteiger partial charge < -0.3 is 5.32 Å². The molecule has 2 rings (SSSR count). The lowest BCUT2D eigenvalue weighted by Gasteiger charge is -2.33. The van der Waals surface area contributed by atoms with Crippen LogP contribution in [-0.2, 0) is 10.3 Å². The Morgan fingerprint density at radius 3 is 2.42 bits per heavy atom. The molecule has 1 aromatic rings. The smallest absolute Gasteiger partial charge is 0.226 e. The minimum absolute atomic E-state index is 0.136. The maximum atomic E-state index is 12.5. The molecule has 1 aliphatic rings. The first-order valence-corrected chi connectivity index (χ1v) is 7.48. The summed E-state index contributed by atoms with van der Waals surface area (Å²) in [6, 6.07) is 9.95. The van der Waals surface area contributed by atoms with Crippen molar-refractivity contribution in [1.29, 1.82) is 0 Å². The van der Waals surface area contributed by atoms with Gasteiger partial charge in [0.25, 0.3) is 0 Å². The van der Waals surface area contributed by atoms with E-state index >= 15 is 0 Å². The summed E-state index contributed by atoms with van der Waals surface area (Å²) in [5, 5.41) is 3.17. The topological polar surface area (TPSA) is 29.1 Å². The van der Waals surface area contributed by atoms with Gasteiger partial charge in [-0.25, -0.2) is 0 Å². The molecule has 1 aromatic carbocycles. The van der Waals surface area contributed by atoms with Crippen LogP contribution < -0.4 is 5.32 Å². The Morgan fingerprint density at radius 2 is 1.89 bits per heavy atom. The summed E-state index contributed by atoms with van der Waals surface area (Å²) < 4.78 is 0. The summed E-state index contributed by atoms with van der Waals surface area (Å²) in [5.74, 6) is 0.510. The number of carbonyl (C=O) groups is 1. The van der Waals surface area contributed by atoms with Crippen molar-refractivity contribution in [3.05, 3.63) is 35.9 Å². The van der Waals surface area contributed by atoms with Crippen LogP contribution in [0, 0.1) is 5.41 Å². The van der Waals surface area contributed by atoms with Gasteiger partial charge in [0.2, 0.25) is 5.91 Å². The van der Waals surface area contributed by atoms with Gasteiger partial charge >= 0.3 is 0 Å². The monoisotopic (exact) mass is 279 g/mol. The maximum Gasteiger partial charge on any atom is 0.226 e. The fraction of sp³-hybridized carbons (Fsp3) is 0.562. The molecule has 1 atom stereocenters. The average molecular weight is 280 g/mol. The highest BCUT2D eigenvalue weighted by atomic mass is 35.5. The van der Waals surface area contributed by atoms with Gasteiger partial charge in [0, 0.05) is 11.3 Å². The lowest BCUT2D eigenvalue weighted by Crippen LogP contribution is -2.50. The van der Waals surface area contributed by atoms with Crippen molar-refractivity contribution in [2.45, 2.75) is 45.1 Å². The van der Waals surface area contributed by atoms with Gasteiger partial charge in [-0.05, 0) is 25.3 Å².